The zero-order valence-corrected chi connectivity index (χ0v) is 11.2. The quantitative estimate of drug-likeness (QED) is 0.876. The standard InChI is InChI=1S/C16H16O4/c1-2-19-14-8-6-12(7-9-14)11-20-15-5-3-4-13(10-15)16(17)18/h3-10H,2,11H2,1H3,(H,17,18). The van der Waals surface area contributed by atoms with Gasteiger partial charge in [-0.3, -0.25) is 0 Å². The Hall–Kier alpha value is -2.49. The van der Waals surface area contributed by atoms with Crippen LogP contribution in [0.2, 0.25) is 0 Å². The summed E-state index contributed by atoms with van der Waals surface area (Å²) in [6.45, 7) is 2.96. The van der Waals surface area contributed by atoms with Crippen LogP contribution in [0.1, 0.15) is 22.8 Å². The van der Waals surface area contributed by atoms with Gasteiger partial charge in [-0.15, -0.1) is 0 Å². The van der Waals surface area contributed by atoms with E-state index in [1.165, 1.54) is 12.1 Å². The zero-order valence-electron chi connectivity index (χ0n) is 11.2. The Morgan fingerprint density at radius 3 is 2.45 bits per heavy atom. The van der Waals surface area contributed by atoms with Crippen molar-refractivity contribution in [3.8, 4) is 11.5 Å². The number of carbonyl (C=O) groups is 1. The summed E-state index contributed by atoms with van der Waals surface area (Å²) in [6, 6.07) is 14.1. The molecule has 2 aromatic rings. The van der Waals surface area contributed by atoms with Crippen LogP contribution in [-0.4, -0.2) is 17.7 Å². The van der Waals surface area contributed by atoms with Crippen molar-refractivity contribution in [2.45, 2.75) is 13.5 Å². The molecule has 4 heteroatoms. The van der Waals surface area contributed by atoms with Gasteiger partial charge in [0.2, 0.25) is 0 Å². The number of carboxylic acid groups (broad SMARTS) is 1. The van der Waals surface area contributed by atoms with E-state index in [9.17, 15) is 4.79 Å². The Balaban J connectivity index is 1.97. The van der Waals surface area contributed by atoms with Crippen LogP contribution < -0.4 is 9.47 Å². The Labute approximate surface area is 117 Å². The fraction of sp³-hybridized carbons (Fsp3) is 0.188. The van der Waals surface area contributed by atoms with E-state index in [4.69, 9.17) is 14.6 Å². The van der Waals surface area contributed by atoms with Gasteiger partial charge in [0.25, 0.3) is 0 Å². The molecule has 0 saturated heterocycles. The lowest BCUT2D eigenvalue weighted by Crippen LogP contribution is -1.99. The summed E-state index contributed by atoms with van der Waals surface area (Å²) in [5.74, 6) is 0.402. The Kier molecular flexibility index (Phi) is 4.60. The highest BCUT2D eigenvalue weighted by Gasteiger charge is 2.04. The molecule has 0 atom stereocenters. The van der Waals surface area contributed by atoms with Crippen LogP contribution in [0.4, 0.5) is 0 Å². The van der Waals surface area contributed by atoms with Crippen molar-refractivity contribution in [2.75, 3.05) is 6.61 Å². The van der Waals surface area contributed by atoms with Crippen LogP contribution in [0.25, 0.3) is 0 Å². The first-order chi connectivity index (χ1) is 9.69. The van der Waals surface area contributed by atoms with Crippen molar-refractivity contribution in [1.29, 1.82) is 0 Å². The van der Waals surface area contributed by atoms with Gasteiger partial charge in [-0.05, 0) is 42.8 Å². The molecule has 0 radical (unpaired) electrons. The van der Waals surface area contributed by atoms with Gasteiger partial charge in [0.1, 0.15) is 18.1 Å². The number of benzene rings is 2. The molecule has 4 nitrogen and oxygen atoms in total. The number of hydrogen-bond donors (Lipinski definition) is 1. The molecule has 2 rings (SSSR count). The molecule has 2 aromatic carbocycles. The van der Waals surface area contributed by atoms with Gasteiger partial charge in [-0.2, -0.15) is 0 Å². The Morgan fingerprint density at radius 2 is 1.80 bits per heavy atom. The maximum absolute atomic E-state index is 10.9. The van der Waals surface area contributed by atoms with Crippen LogP contribution in [0.5, 0.6) is 11.5 Å². The second-order valence-electron chi connectivity index (χ2n) is 4.20. The minimum Gasteiger partial charge on any atom is -0.494 e. The van der Waals surface area contributed by atoms with Crippen molar-refractivity contribution in [3.63, 3.8) is 0 Å². The van der Waals surface area contributed by atoms with E-state index in [1.807, 2.05) is 31.2 Å². The van der Waals surface area contributed by atoms with Crippen LogP contribution >= 0.6 is 0 Å². The van der Waals surface area contributed by atoms with Gasteiger partial charge in [0.15, 0.2) is 0 Å². The molecule has 20 heavy (non-hydrogen) atoms. The van der Waals surface area contributed by atoms with Gasteiger partial charge in [0, 0.05) is 0 Å². The normalized spacial score (nSPS) is 10.1. The third-order valence-corrected chi connectivity index (χ3v) is 2.72. The summed E-state index contributed by atoms with van der Waals surface area (Å²) in [4.78, 5) is 10.9. The molecule has 0 unspecified atom stereocenters. The number of carboxylic acids is 1. The van der Waals surface area contributed by atoms with Gasteiger partial charge in [-0.25, -0.2) is 4.79 Å². The van der Waals surface area contributed by atoms with Crippen molar-refractivity contribution in [3.05, 3.63) is 59.7 Å². The first-order valence-electron chi connectivity index (χ1n) is 6.37. The molecule has 0 heterocycles. The first kappa shape index (κ1) is 13.9. The predicted octanol–water partition coefficient (Wildman–Crippen LogP) is 3.36. The number of ether oxygens (including phenoxy) is 2. The monoisotopic (exact) mass is 272 g/mol. The first-order valence-corrected chi connectivity index (χ1v) is 6.37. The second kappa shape index (κ2) is 6.61. The second-order valence-corrected chi connectivity index (χ2v) is 4.20. The molecule has 0 aliphatic heterocycles. The van der Waals surface area contributed by atoms with E-state index >= 15 is 0 Å². The van der Waals surface area contributed by atoms with E-state index in [0.717, 1.165) is 11.3 Å². The number of aromatic carboxylic acids is 1. The maximum atomic E-state index is 10.9. The molecule has 104 valence electrons. The fourth-order valence-corrected chi connectivity index (χ4v) is 1.73. The molecule has 0 aliphatic carbocycles. The maximum Gasteiger partial charge on any atom is 0.335 e. The zero-order chi connectivity index (χ0) is 14.4. The molecule has 0 saturated carbocycles. The van der Waals surface area contributed by atoms with Gasteiger partial charge in [-0.1, -0.05) is 18.2 Å². The molecular weight excluding hydrogens is 256 g/mol. The lowest BCUT2D eigenvalue weighted by Gasteiger charge is -2.08. The van der Waals surface area contributed by atoms with Crippen molar-refractivity contribution in [2.24, 2.45) is 0 Å². The lowest BCUT2D eigenvalue weighted by molar-refractivity contribution is 0.0696. The van der Waals surface area contributed by atoms with Gasteiger partial charge in [0.05, 0.1) is 12.2 Å². The molecular formula is C16H16O4. The number of rotatable bonds is 6. The largest absolute Gasteiger partial charge is 0.494 e. The molecule has 0 bridgehead atoms. The highest BCUT2D eigenvalue weighted by atomic mass is 16.5. The van der Waals surface area contributed by atoms with Gasteiger partial charge < -0.3 is 14.6 Å². The highest BCUT2D eigenvalue weighted by molar-refractivity contribution is 5.87. The average molecular weight is 272 g/mol. The number of hydrogen-bond acceptors (Lipinski definition) is 3. The molecule has 0 amide bonds. The summed E-state index contributed by atoms with van der Waals surface area (Å²) >= 11 is 0. The third-order valence-electron chi connectivity index (χ3n) is 2.72. The Bertz CT molecular complexity index is 575. The van der Waals surface area contributed by atoms with E-state index < -0.39 is 5.97 Å². The highest BCUT2D eigenvalue weighted by Crippen LogP contribution is 2.17. The third kappa shape index (κ3) is 3.75. The molecule has 0 aliphatic rings. The van der Waals surface area contributed by atoms with Crippen LogP contribution in [0, 0.1) is 0 Å². The van der Waals surface area contributed by atoms with E-state index in [-0.39, 0.29) is 5.56 Å². The van der Waals surface area contributed by atoms with E-state index in [2.05, 4.69) is 0 Å². The van der Waals surface area contributed by atoms with Crippen molar-refractivity contribution >= 4 is 5.97 Å². The molecule has 1 N–H and O–H groups in total. The predicted molar refractivity (Wildman–Crippen MR) is 75.3 cm³/mol. The van der Waals surface area contributed by atoms with Crippen LogP contribution in [0.15, 0.2) is 48.5 Å². The minimum absolute atomic E-state index is 0.217. The van der Waals surface area contributed by atoms with E-state index in [0.29, 0.717) is 19.0 Å². The van der Waals surface area contributed by atoms with Crippen molar-refractivity contribution < 1.29 is 19.4 Å². The van der Waals surface area contributed by atoms with Crippen LogP contribution in [-0.2, 0) is 6.61 Å². The molecule has 0 aromatic heterocycles. The van der Waals surface area contributed by atoms with E-state index in [1.54, 1.807) is 12.1 Å². The molecule has 0 spiro atoms. The fourth-order valence-electron chi connectivity index (χ4n) is 1.73. The summed E-state index contributed by atoms with van der Waals surface area (Å²) in [7, 11) is 0. The van der Waals surface area contributed by atoms with Gasteiger partial charge >= 0.3 is 5.97 Å². The SMILES string of the molecule is CCOc1ccc(COc2cccc(C(=O)O)c2)cc1. The van der Waals surface area contributed by atoms with Crippen LogP contribution in [0.3, 0.4) is 0 Å². The minimum atomic E-state index is -0.962. The molecule has 0 fully saturated rings. The van der Waals surface area contributed by atoms with Crippen molar-refractivity contribution in [1.82, 2.24) is 0 Å². The average Bonchev–Trinajstić information content (AvgIpc) is 2.47. The summed E-state index contributed by atoms with van der Waals surface area (Å²) in [5, 5.41) is 8.91. The summed E-state index contributed by atoms with van der Waals surface area (Å²) in [6.07, 6.45) is 0. The summed E-state index contributed by atoms with van der Waals surface area (Å²) < 4.78 is 10.9. The lowest BCUT2D eigenvalue weighted by atomic mass is 10.2. The summed E-state index contributed by atoms with van der Waals surface area (Å²) in [5.41, 5.74) is 1.21. The topological polar surface area (TPSA) is 55.8 Å². The smallest absolute Gasteiger partial charge is 0.335 e. The Morgan fingerprint density at radius 1 is 1.05 bits per heavy atom.